The van der Waals surface area contributed by atoms with E-state index in [1.54, 1.807) is 0 Å². The first kappa shape index (κ1) is 13.1. The van der Waals surface area contributed by atoms with E-state index in [1.807, 2.05) is 49.4 Å². The van der Waals surface area contributed by atoms with Gasteiger partial charge in [0.15, 0.2) is 0 Å². The first-order valence-electron chi connectivity index (χ1n) is 6.45. The Labute approximate surface area is 113 Å². The average Bonchev–Trinajstić information content (AvgIpc) is 2.46. The van der Waals surface area contributed by atoms with Gasteiger partial charge in [0.1, 0.15) is 0 Å². The zero-order valence-corrected chi connectivity index (χ0v) is 11.0. The van der Waals surface area contributed by atoms with Gasteiger partial charge < -0.3 is 10.6 Å². The molecule has 0 fully saturated rings. The van der Waals surface area contributed by atoms with Crippen molar-refractivity contribution < 1.29 is 4.79 Å². The molecular weight excluding hydrogens is 236 g/mol. The number of carbonyl (C=O) groups excluding carboxylic acids is 1. The van der Waals surface area contributed by atoms with Gasteiger partial charge in [-0.2, -0.15) is 0 Å². The Balaban J connectivity index is 1.97. The molecule has 3 nitrogen and oxygen atoms in total. The summed E-state index contributed by atoms with van der Waals surface area (Å²) < 4.78 is 0. The molecule has 3 heteroatoms. The highest BCUT2D eigenvalue weighted by Gasteiger charge is 2.00. The minimum atomic E-state index is 0.0280. The first-order valence-corrected chi connectivity index (χ1v) is 6.45. The number of rotatable bonds is 5. The molecule has 19 heavy (non-hydrogen) atoms. The van der Waals surface area contributed by atoms with Gasteiger partial charge in [-0.3, -0.25) is 4.79 Å². The lowest BCUT2D eigenvalue weighted by Gasteiger charge is -2.09. The van der Waals surface area contributed by atoms with Gasteiger partial charge in [-0.25, -0.2) is 0 Å². The number of nitrogens with one attached hydrogen (secondary N) is 2. The monoisotopic (exact) mass is 254 g/mol. The Morgan fingerprint density at radius 1 is 1.00 bits per heavy atom. The van der Waals surface area contributed by atoms with Crippen LogP contribution in [0.15, 0.2) is 54.6 Å². The second-order valence-electron chi connectivity index (χ2n) is 4.32. The van der Waals surface area contributed by atoms with Gasteiger partial charge in [-0.1, -0.05) is 43.3 Å². The van der Waals surface area contributed by atoms with Gasteiger partial charge in [-0.05, 0) is 23.8 Å². The summed E-state index contributed by atoms with van der Waals surface area (Å²) in [6.45, 7) is 2.61. The van der Waals surface area contributed by atoms with Crippen molar-refractivity contribution in [3.63, 3.8) is 0 Å². The summed E-state index contributed by atoms with van der Waals surface area (Å²) >= 11 is 0. The van der Waals surface area contributed by atoms with Crippen LogP contribution in [0.25, 0.3) is 0 Å². The molecule has 98 valence electrons. The van der Waals surface area contributed by atoms with E-state index >= 15 is 0 Å². The molecule has 2 aromatic rings. The lowest BCUT2D eigenvalue weighted by Crippen LogP contribution is -2.09. The maximum atomic E-state index is 11.3. The predicted molar refractivity (Wildman–Crippen MR) is 79.1 cm³/mol. The van der Waals surface area contributed by atoms with Crippen LogP contribution in [0, 0.1) is 0 Å². The summed E-state index contributed by atoms with van der Waals surface area (Å²) in [7, 11) is 0. The summed E-state index contributed by atoms with van der Waals surface area (Å²) in [6.07, 6.45) is 0.488. The van der Waals surface area contributed by atoms with Crippen molar-refractivity contribution in [2.75, 3.05) is 10.6 Å². The minimum absolute atomic E-state index is 0.0280. The minimum Gasteiger partial charge on any atom is -0.381 e. The number of hydrogen-bond acceptors (Lipinski definition) is 2. The van der Waals surface area contributed by atoms with Crippen LogP contribution in [0.5, 0.6) is 0 Å². The summed E-state index contributed by atoms with van der Waals surface area (Å²) in [5.41, 5.74) is 3.05. The Morgan fingerprint density at radius 2 is 1.74 bits per heavy atom. The molecule has 2 aromatic carbocycles. The van der Waals surface area contributed by atoms with Gasteiger partial charge >= 0.3 is 0 Å². The molecule has 0 aliphatic heterocycles. The third-order valence-corrected chi connectivity index (χ3v) is 2.81. The summed E-state index contributed by atoms with van der Waals surface area (Å²) in [5, 5.41) is 6.19. The largest absolute Gasteiger partial charge is 0.381 e. The van der Waals surface area contributed by atoms with Gasteiger partial charge in [-0.15, -0.1) is 0 Å². The standard InChI is InChI=1S/C16H18N2O/c1-2-16(19)18-15-10-6-9-14(11-15)17-12-13-7-4-3-5-8-13/h3-11,17H,2,12H2,1H3,(H,18,19). The highest BCUT2D eigenvalue weighted by molar-refractivity contribution is 5.90. The highest BCUT2D eigenvalue weighted by atomic mass is 16.1. The van der Waals surface area contributed by atoms with Crippen molar-refractivity contribution in [2.45, 2.75) is 19.9 Å². The third-order valence-electron chi connectivity index (χ3n) is 2.81. The van der Waals surface area contributed by atoms with Crippen LogP contribution in [0.1, 0.15) is 18.9 Å². The summed E-state index contributed by atoms with van der Waals surface area (Å²) in [4.78, 5) is 11.3. The van der Waals surface area contributed by atoms with Gasteiger partial charge in [0, 0.05) is 24.3 Å². The summed E-state index contributed by atoms with van der Waals surface area (Å²) in [6, 6.07) is 18.0. The molecule has 0 bridgehead atoms. The van der Waals surface area contributed by atoms with Crippen LogP contribution in [-0.4, -0.2) is 5.91 Å². The topological polar surface area (TPSA) is 41.1 Å². The Morgan fingerprint density at radius 3 is 2.47 bits per heavy atom. The van der Waals surface area contributed by atoms with Crippen LogP contribution in [0.3, 0.4) is 0 Å². The van der Waals surface area contributed by atoms with E-state index in [4.69, 9.17) is 0 Å². The number of hydrogen-bond donors (Lipinski definition) is 2. The SMILES string of the molecule is CCC(=O)Nc1cccc(NCc2ccccc2)c1. The molecule has 0 heterocycles. The fraction of sp³-hybridized carbons (Fsp3) is 0.188. The Bertz CT molecular complexity index is 537. The Hall–Kier alpha value is -2.29. The lowest BCUT2D eigenvalue weighted by atomic mass is 10.2. The van der Waals surface area contributed by atoms with E-state index in [2.05, 4.69) is 22.8 Å². The number of amides is 1. The van der Waals surface area contributed by atoms with Crippen LogP contribution in [0.2, 0.25) is 0 Å². The lowest BCUT2D eigenvalue weighted by molar-refractivity contribution is -0.115. The zero-order valence-electron chi connectivity index (χ0n) is 11.0. The van der Waals surface area contributed by atoms with Gasteiger partial charge in [0.2, 0.25) is 5.91 Å². The molecule has 0 saturated heterocycles. The van der Waals surface area contributed by atoms with Crippen molar-refractivity contribution in [3.05, 3.63) is 60.2 Å². The first-order chi connectivity index (χ1) is 9.28. The molecule has 1 amide bonds. The van der Waals surface area contributed by atoms with E-state index in [0.29, 0.717) is 6.42 Å². The van der Waals surface area contributed by atoms with E-state index in [1.165, 1.54) is 5.56 Å². The number of carbonyl (C=O) groups is 1. The number of benzene rings is 2. The molecule has 0 radical (unpaired) electrons. The molecule has 0 spiro atoms. The van der Waals surface area contributed by atoms with Gasteiger partial charge in [0.05, 0.1) is 0 Å². The van der Waals surface area contributed by atoms with E-state index in [-0.39, 0.29) is 5.91 Å². The maximum Gasteiger partial charge on any atom is 0.224 e. The molecule has 2 N–H and O–H groups in total. The highest BCUT2D eigenvalue weighted by Crippen LogP contribution is 2.16. The normalized spacial score (nSPS) is 9.95. The van der Waals surface area contributed by atoms with E-state index in [0.717, 1.165) is 17.9 Å². The Kier molecular flexibility index (Phi) is 4.56. The van der Waals surface area contributed by atoms with Gasteiger partial charge in [0.25, 0.3) is 0 Å². The van der Waals surface area contributed by atoms with Crippen LogP contribution < -0.4 is 10.6 Å². The van der Waals surface area contributed by atoms with Crippen LogP contribution >= 0.6 is 0 Å². The molecule has 2 rings (SSSR count). The number of anilines is 2. The van der Waals surface area contributed by atoms with E-state index < -0.39 is 0 Å². The quantitative estimate of drug-likeness (QED) is 0.855. The second kappa shape index (κ2) is 6.59. The second-order valence-corrected chi connectivity index (χ2v) is 4.32. The molecule has 0 saturated carbocycles. The van der Waals surface area contributed by atoms with E-state index in [9.17, 15) is 4.79 Å². The van der Waals surface area contributed by atoms with Crippen molar-refractivity contribution in [1.82, 2.24) is 0 Å². The fourth-order valence-electron chi connectivity index (χ4n) is 1.76. The van der Waals surface area contributed by atoms with Crippen LogP contribution in [-0.2, 0) is 11.3 Å². The maximum absolute atomic E-state index is 11.3. The van der Waals surface area contributed by atoms with Crippen molar-refractivity contribution in [2.24, 2.45) is 0 Å². The molecule has 0 atom stereocenters. The van der Waals surface area contributed by atoms with Crippen LogP contribution in [0.4, 0.5) is 11.4 Å². The van der Waals surface area contributed by atoms with Crippen molar-refractivity contribution >= 4 is 17.3 Å². The van der Waals surface area contributed by atoms with Crippen molar-refractivity contribution in [1.29, 1.82) is 0 Å². The molecule has 0 unspecified atom stereocenters. The smallest absolute Gasteiger partial charge is 0.224 e. The fourth-order valence-corrected chi connectivity index (χ4v) is 1.76. The molecule has 0 aliphatic rings. The molecule has 0 aliphatic carbocycles. The summed E-state index contributed by atoms with van der Waals surface area (Å²) in [5.74, 6) is 0.0280. The zero-order chi connectivity index (χ0) is 13.5. The molecule has 0 aromatic heterocycles. The third kappa shape index (κ3) is 4.14. The predicted octanol–water partition coefficient (Wildman–Crippen LogP) is 3.65. The average molecular weight is 254 g/mol. The molecular formula is C16H18N2O. The van der Waals surface area contributed by atoms with Crippen molar-refractivity contribution in [3.8, 4) is 0 Å².